The molecule has 2 saturated heterocycles. The van der Waals surface area contributed by atoms with E-state index in [4.69, 9.17) is 18.9 Å². The lowest BCUT2D eigenvalue weighted by Crippen LogP contribution is -2.65. The Kier molecular flexibility index (Phi) is 60.7. The van der Waals surface area contributed by atoms with Crippen LogP contribution in [0.4, 0.5) is 0 Å². The second-order valence-electron chi connectivity index (χ2n) is 28.6. The second kappa shape index (κ2) is 64.6. The molecule has 2 rings (SSSR count). The standard InChI is InChI=1S/C80H151NO13/c1-3-5-7-9-11-13-15-17-19-21-23-25-27-29-31-33-34-36-37-39-41-43-45-47-49-51-53-55-57-59-61-63-69(84)68(67-91-79-77(90)75(88)78(71(66-83)93-79)94-80-76(89)74(87)73(86)70(65-82)92-80)81-72(85)64-62-60-58-56-54-52-50-48-46-44-42-40-38-35-32-30-28-26-24-22-20-18-16-14-12-10-8-6-4-2/h16,18,22,24,28,30,68-71,73-80,82-84,86-90H,3-15,17,19-21,23,25-27,29,31-67H2,1-2H3,(H,81,85)/b18-16-,24-22-,30-28-. The number of aliphatic hydroxyl groups excluding tert-OH is 8. The molecule has 14 nitrogen and oxygen atoms in total. The van der Waals surface area contributed by atoms with Crippen LogP contribution in [0.25, 0.3) is 0 Å². The first-order chi connectivity index (χ1) is 46.1. The van der Waals surface area contributed by atoms with E-state index in [2.05, 4.69) is 55.6 Å². The molecule has 2 aliphatic rings. The predicted molar refractivity (Wildman–Crippen MR) is 388 cm³/mol. The first-order valence-electron chi connectivity index (χ1n) is 40.2. The van der Waals surface area contributed by atoms with Crippen molar-refractivity contribution in [3.63, 3.8) is 0 Å². The summed E-state index contributed by atoms with van der Waals surface area (Å²) in [6, 6.07) is -0.831. The van der Waals surface area contributed by atoms with Gasteiger partial charge in [-0.05, 0) is 51.4 Å². The number of unbranched alkanes of at least 4 members (excludes halogenated alkanes) is 49. The van der Waals surface area contributed by atoms with Crippen molar-refractivity contribution in [2.75, 3.05) is 19.8 Å². The van der Waals surface area contributed by atoms with Crippen LogP contribution in [-0.2, 0) is 23.7 Å². The molecule has 12 atom stereocenters. The summed E-state index contributed by atoms with van der Waals surface area (Å²) in [5.41, 5.74) is 0. The minimum atomic E-state index is -1.78. The van der Waals surface area contributed by atoms with Gasteiger partial charge >= 0.3 is 0 Å². The third-order valence-electron chi connectivity index (χ3n) is 19.9. The van der Waals surface area contributed by atoms with Gasteiger partial charge in [0.25, 0.3) is 0 Å². The minimum absolute atomic E-state index is 0.201. The summed E-state index contributed by atoms with van der Waals surface area (Å²) >= 11 is 0. The highest BCUT2D eigenvalue weighted by Gasteiger charge is 2.51. The third-order valence-corrected chi connectivity index (χ3v) is 19.9. The number of carbonyl (C=O) groups excluding carboxylic acids is 1. The molecule has 1 amide bonds. The number of carbonyl (C=O) groups is 1. The minimum Gasteiger partial charge on any atom is -0.394 e. The van der Waals surface area contributed by atoms with Crippen LogP contribution in [0.1, 0.15) is 373 Å². The van der Waals surface area contributed by atoms with E-state index in [-0.39, 0.29) is 12.5 Å². The van der Waals surface area contributed by atoms with Gasteiger partial charge in [-0.3, -0.25) is 4.79 Å². The Morgan fingerprint density at radius 1 is 0.383 bits per heavy atom. The van der Waals surface area contributed by atoms with Crippen molar-refractivity contribution in [2.45, 2.75) is 447 Å². The molecule has 14 heteroatoms. The molecule has 94 heavy (non-hydrogen) atoms. The summed E-state index contributed by atoms with van der Waals surface area (Å²) in [5.74, 6) is -0.201. The number of hydrogen-bond donors (Lipinski definition) is 9. The van der Waals surface area contributed by atoms with E-state index < -0.39 is 86.8 Å². The van der Waals surface area contributed by atoms with Crippen molar-refractivity contribution in [1.29, 1.82) is 0 Å². The topological polar surface area (TPSA) is 228 Å². The van der Waals surface area contributed by atoms with Gasteiger partial charge in [-0.2, -0.15) is 0 Å². The predicted octanol–water partition coefficient (Wildman–Crippen LogP) is 18.0. The number of ether oxygens (including phenoxy) is 4. The molecular weight excluding hydrogens is 1180 g/mol. The maximum absolute atomic E-state index is 13.4. The first-order valence-corrected chi connectivity index (χ1v) is 40.2. The fourth-order valence-corrected chi connectivity index (χ4v) is 13.5. The highest BCUT2D eigenvalue weighted by Crippen LogP contribution is 2.30. The molecule has 0 aromatic rings. The summed E-state index contributed by atoms with van der Waals surface area (Å²) < 4.78 is 23.0. The van der Waals surface area contributed by atoms with Gasteiger partial charge in [-0.15, -0.1) is 0 Å². The molecule has 12 unspecified atom stereocenters. The fourth-order valence-electron chi connectivity index (χ4n) is 13.5. The summed E-state index contributed by atoms with van der Waals surface area (Å²) in [5, 5.41) is 87.9. The molecule has 2 heterocycles. The number of allylic oxidation sites excluding steroid dienone is 6. The Hall–Kier alpha value is -1.79. The average Bonchev–Trinajstić information content (AvgIpc) is 0.794. The Labute approximate surface area is 576 Å². The number of rotatable bonds is 68. The number of amides is 1. The average molecular weight is 1340 g/mol. The lowest BCUT2D eigenvalue weighted by atomic mass is 9.97. The Morgan fingerprint density at radius 2 is 0.702 bits per heavy atom. The van der Waals surface area contributed by atoms with Crippen LogP contribution in [-0.4, -0.2) is 140 Å². The van der Waals surface area contributed by atoms with Crippen molar-refractivity contribution < 1.29 is 64.6 Å². The van der Waals surface area contributed by atoms with Crippen LogP contribution < -0.4 is 5.32 Å². The van der Waals surface area contributed by atoms with Gasteiger partial charge in [-0.25, -0.2) is 0 Å². The van der Waals surface area contributed by atoms with Crippen LogP contribution in [0.3, 0.4) is 0 Å². The van der Waals surface area contributed by atoms with E-state index in [1.54, 1.807) is 0 Å². The van der Waals surface area contributed by atoms with E-state index in [9.17, 15) is 45.6 Å². The van der Waals surface area contributed by atoms with Crippen LogP contribution in [0.2, 0.25) is 0 Å². The zero-order chi connectivity index (χ0) is 68.0. The Balaban J connectivity index is 1.61. The summed E-state index contributed by atoms with van der Waals surface area (Å²) in [6.07, 6.45) is 67.5. The molecule has 0 spiro atoms. The zero-order valence-corrected chi connectivity index (χ0v) is 60.7. The Morgan fingerprint density at radius 3 is 1.07 bits per heavy atom. The summed E-state index contributed by atoms with van der Waals surface area (Å²) in [4.78, 5) is 13.4. The molecule has 0 aromatic heterocycles. The molecule has 0 bridgehead atoms. The van der Waals surface area contributed by atoms with Crippen LogP contribution in [0.15, 0.2) is 36.5 Å². The van der Waals surface area contributed by atoms with Crippen molar-refractivity contribution in [2.24, 2.45) is 0 Å². The van der Waals surface area contributed by atoms with Gasteiger partial charge in [0.1, 0.15) is 48.8 Å². The lowest BCUT2D eigenvalue weighted by Gasteiger charge is -2.46. The lowest BCUT2D eigenvalue weighted by molar-refractivity contribution is -0.359. The maximum atomic E-state index is 13.4. The van der Waals surface area contributed by atoms with E-state index in [0.717, 1.165) is 64.2 Å². The highest BCUT2D eigenvalue weighted by molar-refractivity contribution is 5.76. The van der Waals surface area contributed by atoms with E-state index in [1.165, 1.54) is 283 Å². The van der Waals surface area contributed by atoms with E-state index in [1.807, 2.05) is 0 Å². The molecule has 0 radical (unpaired) electrons. The SMILES string of the molecule is CCCCCCC/C=C\C/C=C\C/C=C\CCCCCCCCCCCCCCCCC(=O)NC(COC1OC(CO)C(OC2OC(CO)C(O)C(O)C2O)C(O)C1O)C(O)CCCCCCCCCCCCCCCCCCCCCCCCCCCCCCCCC. The van der Waals surface area contributed by atoms with Gasteiger partial charge in [0, 0.05) is 6.42 Å². The fraction of sp³-hybridized carbons (Fsp3) is 0.912. The van der Waals surface area contributed by atoms with Gasteiger partial charge in [-0.1, -0.05) is 352 Å². The van der Waals surface area contributed by atoms with Crippen molar-refractivity contribution in [1.82, 2.24) is 5.32 Å². The number of aliphatic hydroxyl groups is 8. The van der Waals surface area contributed by atoms with E-state index >= 15 is 0 Å². The Bertz CT molecular complexity index is 1720. The normalized spacial score (nSPS) is 22.6. The van der Waals surface area contributed by atoms with Crippen LogP contribution >= 0.6 is 0 Å². The smallest absolute Gasteiger partial charge is 0.220 e. The van der Waals surface area contributed by atoms with Gasteiger partial charge in [0.05, 0.1) is 32.0 Å². The van der Waals surface area contributed by atoms with E-state index in [0.29, 0.717) is 12.8 Å². The number of nitrogens with one attached hydrogen (secondary N) is 1. The molecule has 0 aromatic carbocycles. The molecule has 2 fully saturated rings. The van der Waals surface area contributed by atoms with Crippen molar-refractivity contribution in [3.05, 3.63) is 36.5 Å². The summed E-state index contributed by atoms with van der Waals surface area (Å²) in [7, 11) is 0. The molecule has 0 saturated carbocycles. The third kappa shape index (κ3) is 47.3. The van der Waals surface area contributed by atoms with Crippen molar-refractivity contribution in [3.8, 4) is 0 Å². The second-order valence-corrected chi connectivity index (χ2v) is 28.6. The van der Waals surface area contributed by atoms with Crippen LogP contribution in [0.5, 0.6) is 0 Å². The number of hydrogen-bond acceptors (Lipinski definition) is 13. The zero-order valence-electron chi connectivity index (χ0n) is 60.7. The molecule has 9 N–H and O–H groups in total. The van der Waals surface area contributed by atoms with Gasteiger partial charge < -0.3 is 65.1 Å². The maximum Gasteiger partial charge on any atom is 0.220 e. The highest BCUT2D eigenvalue weighted by atomic mass is 16.7. The van der Waals surface area contributed by atoms with Crippen molar-refractivity contribution >= 4 is 5.91 Å². The molecule has 0 aliphatic carbocycles. The quantitative estimate of drug-likeness (QED) is 0.0204. The van der Waals surface area contributed by atoms with Gasteiger partial charge in [0.15, 0.2) is 12.6 Å². The molecule has 2 aliphatic heterocycles. The van der Waals surface area contributed by atoms with Crippen LogP contribution in [0, 0.1) is 0 Å². The van der Waals surface area contributed by atoms with Gasteiger partial charge in [0.2, 0.25) is 5.91 Å². The summed E-state index contributed by atoms with van der Waals surface area (Å²) in [6.45, 7) is 2.91. The monoisotopic (exact) mass is 1330 g/mol. The molecular formula is C80H151NO13. The first kappa shape index (κ1) is 88.3. The largest absolute Gasteiger partial charge is 0.394 e. The molecule has 554 valence electrons.